The lowest BCUT2D eigenvalue weighted by atomic mass is 10.3. The molecule has 0 bridgehead atoms. The van der Waals surface area contributed by atoms with Crippen LogP contribution >= 0.6 is 0 Å². The molecule has 0 aromatic carbocycles. The summed E-state index contributed by atoms with van der Waals surface area (Å²) < 4.78 is 1.27. The highest BCUT2D eigenvalue weighted by Gasteiger charge is 2.16. The van der Waals surface area contributed by atoms with Gasteiger partial charge in [-0.3, -0.25) is 9.89 Å². The standard InChI is InChI=1S/C7H6N4O3/c1-3-9-10-6-5(7(13)14)4(12)2-8-11(3)6/h2,10H,1H3,(H,13,14). The van der Waals surface area contributed by atoms with Gasteiger partial charge in [0.25, 0.3) is 0 Å². The Labute approximate surface area is 77.0 Å². The van der Waals surface area contributed by atoms with Crippen LogP contribution in [0, 0.1) is 6.92 Å². The summed E-state index contributed by atoms with van der Waals surface area (Å²) >= 11 is 0. The van der Waals surface area contributed by atoms with E-state index >= 15 is 0 Å². The first kappa shape index (κ1) is 8.42. The second-order valence-electron chi connectivity index (χ2n) is 2.72. The molecule has 2 aromatic rings. The maximum atomic E-state index is 11.2. The van der Waals surface area contributed by atoms with E-state index < -0.39 is 11.4 Å². The average Bonchev–Trinajstić information content (AvgIpc) is 2.47. The van der Waals surface area contributed by atoms with Crippen molar-refractivity contribution in [3.05, 3.63) is 27.8 Å². The zero-order valence-electron chi connectivity index (χ0n) is 7.18. The van der Waals surface area contributed by atoms with E-state index in [1.54, 1.807) is 6.92 Å². The molecule has 0 radical (unpaired) electrons. The number of aromatic amines is 1. The van der Waals surface area contributed by atoms with Crippen LogP contribution < -0.4 is 5.43 Å². The van der Waals surface area contributed by atoms with E-state index in [2.05, 4.69) is 15.3 Å². The van der Waals surface area contributed by atoms with Gasteiger partial charge >= 0.3 is 5.97 Å². The summed E-state index contributed by atoms with van der Waals surface area (Å²) in [4.78, 5) is 21.9. The summed E-state index contributed by atoms with van der Waals surface area (Å²) in [6.45, 7) is 1.65. The predicted molar refractivity (Wildman–Crippen MR) is 45.3 cm³/mol. The number of carboxylic acid groups (broad SMARTS) is 1. The number of aryl methyl sites for hydroxylation is 1. The Morgan fingerprint density at radius 3 is 3.00 bits per heavy atom. The number of H-pyrrole nitrogens is 1. The van der Waals surface area contributed by atoms with Gasteiger partial charge in [0.1, 0.15) is 5.82 Å². The number of rotatable bonds is 1. The normalized spacial score (nSPS) is 10.6. The molecule has 7 heteroatoms. The third-order valence-electron chi connectivity index (χ3n) is 1.83. The molecule has 0 unspecified atom stereocenters. The minimum Gasteiger partial charge on any atom is -0.477 e. The van der Waals surface area contributed by atoms with Gasteiger partial charge in [-0.2, -0.15) is 14.7 Å². The third kappa shape index (κ3) is 0.987. The molecular formula is C7H6N4O3. The van der Waals surface area contributed by atoms with Gasteiger partial charge in [0.2, 0.25) is 5.43 Å². The van der Waals surface area contributed by atoms with Gasteiger partial charge in [0, 0.05) is 0 Å². The summed E-state index contributed by atoms with van der Waals surface area (Å²) in [5.41, 5.74) is -0.885. The van der Waals surface area contributed by atoms with E-state index in [1.165, 1.54) is 4.52 Å². The highest BCUT2D eigenvalue weighted by Crippen LogP contribution is 2.02. The van der Waals surface area contributed by atoms with Crippen molar-refractivity contribution in [2.75, 3.05) is 0 Å². The zero-order chi connectivity index (χ0) is 10.3. The number of hydrogen-bond acceptors (Lipinski definition) is 4. The van der Waals surface area contributed by atoms with E-state index in [-0.39, 0.29) is 11.2 Å². The van der Waals surface area contributed by atoms with Crippen LogP contribution in [0.1, 0.15) is 16.2 Å². The van der Waals surface area contributed by atoms with E-state index in [1.807, 2.05) is 0 Å². The number of aromatic nitrogens is 4. The smallest absolute Gasteiger partial charge is 0.343 e. The van der Waals surface area contributed by atoms with Crippen molar-refractivity contribution >= 4 is 11.6 Å². The first-order valence-corrected chi connectivity index (χ1v) is 3.77. The topological polar surface area (TPSA) is 100 Å². The molecule has 0 aliphatic carbocycles. The van der Waals surface area contributed by atoms with E-state index in [4.69, 9.17) is 5.11 Å². The Kier molecular flexibility index (Phi) is 1.60. The Morgan fingerprint density at radius 1 is 1.64 bits per heavy atom. The number of hydrogen-bond donors (Lipinski definition) is 2. The second-order valence-corrected chi connectivity index (χ2v) is 2.72. The molecule has 0 atom stereocenters. The molecule has 0 saturated carbocycles. The molecule has 0 amide bonds. The number of nitrogens with zero attached hydrogens (tertiary/aromatic N) is 3. The zero-order valence-corrected chi connectivity index (χ0v) is 7.18. The summed E-state index contributed by atoms with van der Waals surface area (Å²) in [6.07, 6.45) is 0.957. The largest absolute Gasteiger partial charge is 0.477 e. The van der Waals surface area contributed by atoms with Gasteiger partial charge in [-0.05, 0) is 6.92 Å². The van der Waals surface area contributed by atoms with Gasteiger partial charge in [0.15, 0.2) is 11.2 Å². The molecule has 14 heavy (non-hydrogen) atoms. The summed E-state index contributed by atoms with van der Waals surface area (Å²) in [5.74, 6) is -0.805. The maximum absolute atomic E-state index is 11.2. The Morgan fingerprint density at radius 2 is 2.36 bits per heavy atom. The van der Waals surface area contributed by atoms with Crippen molar-refractivity contribution in [1.29, 1.82) is 0 Å². The van der Waals surface area contributed by atoms with Crippen LogP contribution in [0.3, 0.4) is 0 Å². The van der Waals surface area contributed by atoms with Crippen LogP contribution in [0.25, 0.3) is 5.65 Å². The first-order chi connectivity index (χ1) is 6.61. The van der Waals surface area contributed by atoms with Crippen LogP contribution in [-0.4, -0.2) is 30.9 Å². The van der Waals surface area contributed by atoms with E-state index in [9.17, 15) is 9.59 Å². The number of fused-ring (bicyclic) bond motifs is 1. The first-order valence-electron chi connectivity index (χ1n) is 3.77. The molecular weight excluding hydrogens is 188 g/mol. The lowest BCUT2D eigenvalue weighted by Gasteiger charge is -1.95. The predicted octanol–water partition coefficient (Wildman–Crippen LogP) is -0.576. The third-order valence-corrected chi connectivity index (χ3v) is 1.83. The molecule has 2 heterocycles. The molecule has 0 spiro atoms. The molecule has 72 valence electrons. The quantitative estimate of drug-likeness (QED) is 0.632. The fraction of sp³-hybridized carbons (Fsp3) is 0.143. The minimum atomic E-state index is -1.29. The summed E-state index contributed by atoms with van der Waals surface area (Å²) in [7, 11) is 0. The molecule has 0 aliphatic rings. The van der Waals surface area contributed by atoms with E-state index in [0.29, 0.717) is 5.82 Å². The Balaban J connectivity index is 2.98. The van der Waals surface area contributed by atoms with Crippen LogP contribution in [0.5, 0.6) is 0 Å². The van der Waals surface area contributed by atoms with Crippen LogP contribution in [-0.2, 0) is 0 Å². The van der Waals surface area contributed by atoms with Crippen LogP contribution in [0.15, 0.2) is 11.0 Å². The van der Waals surface area contributed by atoms with Crippen LogP contribution in [0.4, 0.5) is 0 Å². The van der Waals surface area contributed by atoms with Crippen molar-refractivity contribution in [3.63, 3.8) is 0 Å². The minimum absolute atomic E-state index is 0.0995. The molecule has 2 aromatic heterocycles. The van der Waals surface area contributed by atoms with Gasteiger partial charge in [-0.1, -0.05) is 0 Å². The fourth-order valence-corrected chi connectivity index (χ4v) is 1.19. The molecule has 0 fully saturated rings. The van der Waals surface area contributed by atoms with Gasteiger partial charge in [-0.25, -0.2) is 4.79 Å². The fourth-order valence-electron chi connectivity index (χ4n) is 1.19. The lowest BCUT2D eigenvalue weighted by molar-refractivity contribution is 0.0697. The average molecular weight is 194 g/mol. The number of nitrogens with one attached hydrogen (secondary N) is 1. The lowest BCUT2D eigenvalue weighted by Crippen LogP contribution is -2.17. The van der Waals surface area contributed by atoms with Gasteiger partial charge < -0.3 is 5.11 Å². The van der Waals surface area contributed by atoms with Crippen molar-refractivity contribution in [2.24, 2.45) is 0 Å². The van der Waals surface area contributed by atoms with Crippen molar-refractivity contribution < 1.29 is 9.90 Å². The van der Waals surface area contributed by atoms with Gasteiger partial charge in [0.05, 0.1) is 6.20 Å². The maximum Gasteiger partial charge on any atom is 0.343 e. The monoisotopic (exact) mass is 194 g/mol. The van der Waals surface area contributed by atoms with Crippen molar-refractivity contribution in [3.8, 4) is 0 Å². The molecule has 2 rings (SSSR count). The number of carbonyl (C=O) groups is 1. The van der Waals surface area contributed by atoms with Gasteiger partial charge in [-0.15, -0.1) is 0 Å². The highest BCUT2D eigenvalue weighted by molar-refractivity contribution is 5.93. The number of carboxylic acids is 1. The molecule has 2 N–H and O–H groups in total. The second kappa shape index (κ2) is 2.66. The molecule has 0 saturated heterocycles. The Bertz CT molecular complexity index is 568. The van der Waals surface area contributed by atoms with Crippen molar-refractivity contribution in [2.45, 2.75) is 6.92 Å². The molecule has 0 aliphatic heterocycles. The SMILES string of the molecule is Cc1n[nH]c2c(C(=O)O)c(=O)cnn12. The van der Waals surface area contributed by atoms with Crippen molar-refractivity contribution in [1.82, 2.24) is 19.8 Å². The van der Waals surface area contributed by atoms with Crippen LogP contribution in [0.2, 0.25) is 0 Å². The highest BCUT2D eigenvalue weighted by atomic mass is 16.4. The van der Waals surface area contributed by atoms with E-state index in [0.717, 1.165) is 6.20 Å². The summed E-state index contributed by atoms with van der Waals surface area (Å²) in [5, 5.41) is 18.7. The Hall–Kier alpha value is -2.18. The number of aromatic carboxylic acids is 1. The summed E-state index contributed by atoms with van der Waals surface area (Å²) in [6, 6.07) is 0. The molecule has 7 nitrogen and oxygen atoms in total.